The van der Waals surface area contributed by atoms with Crippen molar-refractivity contribution in [3.05, 3.63) is 35.4 Å². The molecule has 1 aliphatic heterocycles. The minimum Gasteiger partial charge on any atom is -0.396 e. The number of aliphatic hydroxyl groups is 1. The Bertz CT molecular complexity index is 675. The van der Waals surface area contributed by atoms with Crippen molar-refractivity contribution in [2.75, 3.05) is 13.2 Å². The Kier molecular flexibility index (Phi) is 4.50. The molecule has 4 rings (SSSR count). The summed E-state index contributed by atoms with van der Waals surface area (Å²) < 4.78 is 0. The molecular weight excluding hydrogens is 316 g/mol. The number of amides is 2. The molecule has 0 aromatic heterocycles. The maximum atomic E-state index is 12.7. The van der Waals surface area contributed by atoms with E-state index in [2.05, 4.69) is 5.32 Å². The average Bonchev–Trinajstić information content (AvgIpc) is 3.32. The van der Waals surface area contributed by atoms with Gasteiger partial charge in [-0.05, 0) is 55.2 Å². The smallest absolute Gasteiger partial charge is 0.251 e. The second-order valence-corrected chi connectivity index (χ2v) is 7.80. The molecule has 4 unspecified atom stereocenters. The SMILES string of the molecule is O=C(NC1C2CCC(C2)C1CO)c1cccc(CN2CCCC2=O)c1. The van der Waals surface area contributed by atoms with E-state index in [1.165, 1.54) is 6.42 Å². The normalized spacial score (nSPS) is 30.9. The first kappa shape index (κ1) is 16.6. The fraction of sp³-hybridized carbons (Fsp3) is 0.600. The van der Waals surface area contributed by atoms with Crippen LogP contribution in [0, 0.1) is 17.8 Å². The lowest BCUT2D eigenvalue weighted by Gasteiger charge is -2.30. The zero-order valence-electron chi connectivity index (χ0n) is 14.5. The van der Waals surface area contributed by atoms with Crippen molar-refractivity contribution in [3.63, 3.8) is 0 Å². The lowest BCUT2D eigenvalue weighted by atomic mass is 9.85. The van der Waals surface area contributed by atoms with Crippen LogP contribution in [-0.2, 0) is 11.3 Å². The number of carbonyl (C=O) groups is 2. The minimum absolute atomic E-state index is 0.0643. The maximum Gasteiger partial charge on any atom is 0.251 e. The van der Waals surface area contributed by atoms with Crippen molar-refractivity contribution in [1.82, 2.24) is 10.2 Å². The highest BCUT2D eigenvalue weighted by atomic mass is 16.3. The van der Waals surface area contributed by atoms with E-state index in [0.29, 0.717) is 30.4 Å². The van der Waals surface area contributed by atoms with E-state index in [0.717, 1.165) is 31.4 Å². The number of fused-ring (bicyclic) bond motifs is 2. The highest BCUT2D eigenvalue weighted by Crippen LogP contribution is 2.48. The summed E-state index contributed by atoms with van der Waals surface area (Å²) in [6, 6.07) is 7.67. The summed E-state index contributed by atoms with van der Waals surface area (Å²) in [5.74, 6) is 1.41. The first-order valence-electron chi connectivity index (χ1n) is 9.44. The van der Waals surface area contributed by atoms with Crippen LogP contribution in [0.3, 0.4) is 0 Å². The number of carbonyl (C=O) groups excluding carboxylic acids is 2. The number of hydrogen-bond donors (Lipinski definition) is 2. The van der Waals surface area contributed by atoms with Gasteiger partial charge in [0, 0.05) is 43.6 Å². The second kappa shape index (κ2) is 6.79. The van der Waals surface area contributed by atoms with Crippen LogP contribution in [0.2, 0.25) is 0 Å². The third-order valence-corrected chi connectivity index (χ3v) is 6.33. The van der Waals surface area contributed by atoms with Gasteiger partial charge in [0.05, 0.1) is 0 Å². The zero-order chi connectivity index (χ0) is 17.4. The topological polar surface area (TPSA) is 69.6 Å². The Morgan fingerprint density at radius 1 is 1.28 bits per heavy atom. The van der Waals surface area contributed by atoms with Crippen LogP contribution in [0.4, 0.5) is 0 Å². The van der Waals surface area contributed by atoms with Crippen molar-refractivity contribution in [2.24, 2.45) is 17.8 Å². The average molecular weight is 342 g/mol. The molecule has 3 aliphatic rings. The van der Waals surface area contributed by atoms with Gasteiger partial charge < -0.3 is 15.3 Å². The van der Waals surface area contributed by atoms with Crippen LogP contribution in [-0.4, -0.2) is 41.0 Å². The van der Waals surface area contributed by atoms with Crippen molar-refractivity contribution >= 4 is 11.8 Å². The van der Waals surface area contributed by atoms with Crippen molar-refractivity contribution in [2.45, 2.75) is 44.7 Å². The summed E-state index contributed by atoms with van der Waals surface area (Å²) in [7, 11) is 0. The molecule has 1 saturated heterocycles. The third-order valence-electron chi connectivity index (χ3n) is 6.33. The van der Waals surface area contributed by atoms with Gasteiger partial charge >= 0.3 is 0 Å². The Balaban J connectivity index is 1.43. The summed E-state index contributed by atoms with van der Waals surface area (Å²) in [4.78, 5) is 26.4. The molecule has 1 aromatic carbocycles. The van der Waals surface area contributed by atoms with Crippen molar-refractivity contribution < 1.29 is 14.7 Å². The predicted molar refractivity (Wildman–Crippen MR) is 93.8 cm³/mol. The Morgan fingerprint density at radius 2 is 2.12 bits per heavy atom. The first-order valence-corrected chi connectivity index (χ1v) is 9.44. The fourth-order valence-corrected chi connectivity index (χ4v) is 5.04. The maximum absolute atomic E-state index is 12.7. The molecule has 3 fully saturated rings. The molecule has 2 aliphatic carbocycles. The highest BCUT2D eigenvalue weighted by molar-refractivity contribution is 5.94. The largest absolute Gasteiger partial charge is 0.396 e. The second-order valence-electron chi connectivity index (χ2n) is 7.80. The number of rotatable bonds is 5. The minimum atomic E-state index is -0.0643. The van der Waals surface area contributed by atoms with Crippen LogP contribution >= 0.6 is 0 Å². The summed E-state index contributed by atoms with van der Waals surface area (Å²) in [6.45, 7) is 1.54. The molecule has 4 atom stereocenters. The molecule has 25 heavy (non-hydrogen) atoms. The molecule has 2 N–H and O–H groups in total. The molecule has 1 aromatic rings. The number of aliphatic hydroxyl groups excluding tert-OH is 1. The summed E-state index contributed by atoms with van der Waals surface area (Å²) in [6.07, 6.45) is 5.02. The number of nitrogens with zero attached hydrogens (tertiary/aromatic N) is 1. The quantitative estimate of drug-likeness (QED) is 0.859. The number of likely N-dealkylation sites (tertiary alicyclic amines) is 1. The van der Waals surface area contributed by atoms with Gasteiger partial charge in [0.1, 0.15) is 0 Å². The molecule has 2 bridgehead atoms. The Hall–Kier alpha value is -1.88. The number of benzene rings is 1. The van der Waals surface area contributed by atoms with E-state index in [1.54, 1.807) is 0 Å². The first-order chi connectivity index (χ1) is 12.2. The van der Waals surface area contributed by atoms with E-state index in [4.69, 9.17) is 0 Å². The van der Waals surface area contributed by atoms with Gasteiger partial charge in [-0.3, -0.25) is 9.59 Å². The van der Waals surface area contributed by atoms with Gasteiger partial charge in [0.25, 0.3) is 5.91 Å². The highest BCUT2D eigenvalue weighted by Gasteiger charge is 2.47. The Morgan fingerprint density at radius 3 is 2.88 bits per heavy atom. The third kappa shape index (κ3) is 3.17. The lowest BCUT2D eigenvalue weighted by molar-refractivity contribution is -0.128. The van der Waals surface area contributed by atoms with Gasteiger partial charge in [0.2, 0.25) is 5.91 Å². The van der Waals surface area contributed by atoms with Crippen molar-refractivity contribution in [3.8, 4) is 0 Å². The lowest BCUT2D eigenvalue weighted by Crippen LogP contribution is -2.45. The van der Waals surface area contributed by atoms with Gasteiger partial charge in [-0.1, -0.05) is 12.1 Å². The van der Waals surface area contributed by atoms with Crippen LogP contribution in [0.15, 0.2) is 24.3 Å². The summed E-state index contributed by atoms with van der Waals surface area (Å²) in [5, 5.41) is 12.9. The zero-order valence-corrected chi connectivity index (χ0v) is 14.5. The predicted octanol–water partition coefficient (Wildman–Crippen LogP) is 1.95. The monoisotopic (exact) mass is 342 g/mol. The molecular formula is C20H26N2O3. The van der Waals surface area contributed by atoms with Crippen molar-refractivity contribution in [1.29, 1.82) is 0 Å². The molecule has 0 spiro atoms. The van der Waals surface area contributed by atoms with Crippen LogP contribution < -0.4 is 5.32 Å². The molecule has 5 heteroatoms. The standard InChI is InChI=1S/C20H26N2O3/c23-12-17-14-6-7-15(10-14)19(17)21-20(25)16-4-1-3-13(9-16)11-22-8-2-5-18(22)24/h1,3-4,9,14-15,17,19,23H,2,5-8,10-12H2,(H,21,25). The number of hydrogen-bond acceptors (Lipinski definition) is 3. The van der Waals surface area contributed by atoms with E-state index in [9.17, 15) is 14.7 Å². The fourth-order valence-electron chi connectivity index (χ4n) is 5.04. The van der Waals surface area contributed by atoms with E-state index < -0.39 is 0 Å². The van der Waals surface area contributed by atoms with E-state index >= 15 is 0 Å². The Labute approximate surface area is 148 Å². The summed E-state index contributed by atoms with van der Waals surface area (Å²) >= 11 is 0. The molecule has 1 heterocycles. The molecule has 2 saturated carbocycles. The van der Waals surface area contributed by atoms with Gasteiger partial charge in [0.15, 0.2) is 0 Å². The molecule has 0 radical (unpaired) electrons. The molecule has 134 valence electrons. The van der Waals surface area contributed by atoms with Crippen LogP contribution in [0.25, 0.3) is 0 Å². The van der Waals surface area contributed by atoms with Crippen LogP contribution in [0.1, 0.15) is 48.0 Å². The molecule has 5 nitrogen and oxygen atoms in total. The van der Waals surface area contributed by atoms with E-state index in [1.807, 2.05) is 29.2 Å². The van der Waals surface area contributed by atoms with E-state index in [-0.39, 0.29) is 30.4 Å². The number of nitrogens with one attached hydrogen (secondary N) is 1. The molecule has 2 amide bonds. The summed E-state index contributed by atoms with van der Waals surface area (Å²) in [5.41, 5.74) is 1.64. The van der Waals surface area contributed by atoms with Crippen LogP contribution in [0.5, 0.6) is 0 Å². The van der Waals surface area contributed by atoms with Gasteiger partial charge in [-0.2, -0.15) is 0 Å². The van der Waals surface area contributed by atoms with Gasteiger partial charge in [-0.25, -0.2) is 0 Å². The van der Waals surface area contributed by atoms with Gasteiger partial charge in [-0.15, -0.1) is 0 Å².